The molecule has 0 bridgehead atoms. The van der Waals surface area contributed by atoms with Crippen molar-refractivity contribution in [1.29, 1.82) is 0 Å². The van der Waals surface area contributed by atoms with Gasteiger partial charge in [-0.2, -0.15) is 0 Å². The second kappa shape index (κ2) is 4.50. The molecule has 1 saturated carbocycles. The lowest BCUT2D eigenvalue weighted by Crippen LogP contribution is -2.27. The summed E-state index contributed by atoms with van der Waals surface area (Å²) in [6, 6.07) is 1.98. The summed E-state index contributed by atoms with van der Waals surface area (Å²) < 4.78 is 0. The Balaban J connectivity index is 1.80. The average molecular weight is 219 g/mol. The van der Waals surface area contributed by atoms with E-state index in [1.54, 1.807) is 0 Å². The molecule has 1 fully saturated rings. The van der Waals surface area contributed by atoms with Gasteiger partial charge in [0.15, 0.2) is 0 Å². The highest BCUT2D eigenvalue weighted by Crippen LogP contribution is 2.51. The minimum Gasteiger partial charge on any atom is -0.311 e. The molecule has 0 aliphatic heterocycles. The molecule has 0 amide bonds. The van der Waals surface area contributed by atoms with Gasteiger partial charge in [0.25, 0.3) is 0 Å². The van der Waals surface area contributed by atoms with E-state index in [-0.39, 0.29) is 0 Å². The maximum absolute atomic E-state index is 4.38. The molecule has 16 heavy (non-hydrogen) atoms. The van der Waals surface area contributed by atoms with Crippen molar-refractivity contribution < 1.29 is 0 Å². The van der Waals surface area contributed by atoms with Crippen molar-refractivity contribution in [3.63, 3.8) is 0 Å². The van der Waals surface area contributed by atoms with Crippen LogP contribution in [0.3, 0.4) is 0 Å². The van der Waals surface area contributed by atoms with Crippen LogP contribution in [-0.2, 0) is 6.54 Å². The molecule has 1 aromatic heterocycles. The van der Waals surface area contributed by atoms with E-state index in [2.05, 4.69) is 29.1 Å². The van der Waals surface area contributed by atoms with E-state index in [0.717, 1.165) is 30.5 Å². The lowest BCUT2D eigenvalue weighted by molar-refractivity contribution is 0.337. The largest absolute Gasteiger partial charge is 0.311 e. The van der Waals surface area contributed by atoms with Crippen molar-refractivity contribution in [3.05, 3.63) is 23.8 Å². The highest BCUT2D eigenvalue weighted by atomic mass is 14.9. The van der Waals surface area contributed by atoms with Gasteiger partial charge in [-0.25, -0.2) is 9.97 Å². The monoisotopic (exact) mass is 219 g/mol. The highest BCUT2D eigenvalue weighted by molar-refractivity contribution is 5.02. The molecule has 0 unspecified atom stereocenters. The van der Waals surface area contributed by atoms with Gasteiger partial charge in [-0.3, -0.25) is 0 Å². The normalized spacial score (nSPS) is 17.8. The Bertz CT molecular complexity index is 356. The van der Waals surface area contributed by atoms with Crippen LogP contribution >= 0.6 is 0 Å². The summed E-state index contributed by atoms with van der Waals surface area (Å²) in [5.41, 5.74) is 1.66. The predicted molar refractivity (Wildman–Crippen MR) is 65.0 cm³/mol. The molecule has 1 aliphatic carbocycles. The Hall–Kier alpha value is -0.960. The van der Waals surface area contributed by atoms with Crippen LogP contribution in [0.5, 0.6) is 0 Å². The number of hydrogen-bond donors (Lipinski definition) is 1. The molecule has 0 atom stereocenters. The van der Waals surface area contributed by atoms with E-state index in [0.29, 0.717) is 5.41 Å². The number of nitrogens with zero attached hydrogens (tertiary/aromatic N) is 2. The second-order valence-corrected chi connectivity index (χ2v) is 5.22. The molecule has 1 heterocycles. The van der Waals surface area contributed by atoms with Crippen molar-refractivity contribution in [2.75, 3.05) is 6.54 Å². The summed E-state index contributed by atoms with van der Waals surface area (Å²) in [6.07, 6.45) is 4.58. The van der Waals surface area contributed by atoms with E-state index in [1.165, 1.54) is 12.8 Å². The number of aryl methyl sites for hydroxylation is 1. The van der Waals surface area contributed by atoms with Gasteiger partial charge in [0.05, 0.1) is 5.69 Å². The van der Waals surface area contributed by atoms with Crippen LogP contribution in [0.15, 0.2) is 12.3 Å². The fraction of sp³-hybridized carbons (Fsp3) is 0.692. The first-order valence-corrected chi connectivity index (χ1v) is 6.12. The number of rotatable bonds is 5. The van der Waals surface area contributed by atoms with Gasteiger partial charge in [0.2, 0.25) is 0 Å². The summed E-state index contributed by atoms with van der Waals surface area (Å²) in [6.45, 7) is 8.55. The number of hydrogen-bond acceptors (Lipinski definition) is 3. The molecule has 3 nitrogen and oxygen atoms in total. The summed E-state index contributed by atoms with van der Waals surface area (Å²) in [4.78, 5) is 8.48. The SMILES string of the molecule is Cc1nccc(CNCC2(C(C)C)CC2)n1. The Morgan fingerprint density at radius 3 is 2.75 bits per heavy atom. The van der Waals surface area contributed by atoms with Crippen LogP contribution in [0, 0.1) is 18.3 Å². The van der Waals surface area contributed by atoms with Gasteiger partial charge in [-0.15, -0.1) is 0 Å². The van der Waals surface area contributed by atoms with E-state index in [9.17, 15) is 0 Å². The average Bonchev–Trinajstić information content (AvgIpc) is 2.99. The molecule has 2 rings (SSSR count). The Labute approximate surface area is 97.7 Å². The lowest BCUT2D eigenvalue weighted by Gasteiger charge is -2.19. The zero-order valence-electron chi connectivity index (χ0n) is 10.5. The Kier molecular flexibility index (Phi) is 3.24. The summed E-state index contributed by atoms with van der Waals surface area (Å²) >= 11 is 0. The van der Waals surface area contributed by atoms with Crippen molar-refractivity contribution in [1.82, 2.24) is 15.3 Å². The van der Waals surface area contributed by atoms with Gasteiger partial charge in [0.1, 0.15) is 5.82 Å². The van der Waals surface area contributed by atoms with E-state index < -0.39 is 0 Å². The third-order valence-corrected chi connectivity index (χ3v) is 3.73. The van der Waals surface area contributed by atoms with Crippen LogP contribution in [0.1, 0.15) is 38.2 Å². The molecule has 0 saturated heterocycles. The first-order chi connectivity index (χ1) is 7.62. The third kappa shape index (κ3) is 2.59. The van der Waals surface area contributed by atoms with Gasteiger partial charge in [-0.1, -0.05) is 13.8 Å². The standard InChI is InChI=1S/C13H21N3/c1-10(2)13(5-6-13)9-14-8-12-4-7-15-11(3)16-12/h4,7,10,14H,5-6,8-9H2,1-3H3. The number of nitrogens with one attached hydrogen (secondary N) is 1. The minimum atomic E-state index is 0.572. The highest BCUT2D eigenvalue weighted by Gasteiger charge is 2.44. The van der Waals surface area contributed by atoms with Crippen LogP contribution in [-0.4, -0.2) is 16.5 Å². The van der Waals surface area contributed by atoms with Crippen LogP contribution in [0.4, 0.5) is 0 Å². The van der Waals surface area contributed by atoms with Crippen LogP contribution < -0.4 is 5.32 Å². The quantitative estimate of drug-likeness (QED) is 0.825. The zero-order valence-corrected chi connectivity index (χ0v) is 10.5. The zero-order chi connectivity index (χ0) is 11.6. The van der Waals surface area contributed by atoms with Crippen LogP contribution in [0.2, 0.25) is 0 Å². The smallest absolute Gasteiger partial charge is 0.125 e. The van der Waals surface area contributed by atoms with E-state index in [4.69, 9.17) is 0 Å². The molecular formula is C13H21N3. The van der Waals surface area contributed by atoms with Crippen LogP contribution in [0.25, 0.3) is 0 Å². The summed E-state index contributed by atoms with van der Waals surface area (Å²) in [5, 5.41) is 3.52. The molecule has 3 heteroatoms. The van der Waals surface area contributed by atoms with Crippen molar-refractivity contribution >= 4 is 0 Å². The lowest BCUT2D eigenvalue weighted by atomic mass is 9.92. The van der Waals surface area contributed by atoms with Gasteiger partial charge >= 0.3 is 0 Å². The summed E-state index contributed by atoms with van der Waals surface area (Å²) in [5.74, 6) is 1.64. The third-order valence-electron chi connectivity index (χ3n) is 3.73. The molecule has 1 aromatic rings. The molecule has 0 spiro atoms. The van der Waals surface area contributed by atoms with Gasteiger partial charge in [-0.05, 0) is 37.2 Å². The summed E-state index contributed by atoms with van der Waals surface area (Å²) in [7, 11) is 0. The van der Waals surface area contributed by atoms with E-state index >= 15 is 0 Å². The molecule has 0 radical (unpaired) electrons. The fourth-order valence-electron chi connectivity index (χ4n) is 2.16. The molecule has 88 valence electrons. The fourth-order valence-corrected chi connectivity index (χ4v) is 2.16. The maximum atomic E-state index is 4.38. The molecule has 1 N–H and O–H groups in total. The number of aromatic nitrogens is 2. The van der Waals surface area contributed by atoms with Crippen molar-refractivity contribution in [3.8, 4) is 0 Å². The second-order valence-electron chi connectivity index (χ2n) is 5.22. The van der Waals surface area contributed by atoms with E-state index in [1.807, 2.05) is 19.2 Å². The first kappa shape index (κ1) is 11.5. The maximum Gasteiger partial charge on any atom is 0.125 e. The van der Waals surface area contributed by atoms with Gasteiger partial charge < -0.3 is 5.32 Å². The molecular weight excluding hydrogens is 198 g/mol. The first-order valence-electron chi connectivity index (χ1n) is 6.12. The molecule has 0 aromatic carbocycles. The van der Waals surface area contributed by atoms with Gasteiger partial charge in [0, 0.05) is 19.3 Å². The minimum absolute atomic E-state index is 0.572. The van der Waals surface area contributed by atoms with Crippen molar-refractivity contribution in [2.24, 2.45) is 11.3 Å². The predicted octanol–water partition coefficient (Wildman–Crippen LogP) is 2.31. The topological polar surface area (TPSA) is 37.8 Å². The molecule has 1 aliphatic rings. The Morgan fingerprint density at radius 1 is 1.44 bits per heavy atom. The Morgan fingerprint density at radius 2 is 2.19 bits per heavy atom. The van der Waals surface area contributed by atoms with Crippen molar-refractivity contribution in [2.45, 2.75) is 40.2 Å².